The zero-order valence-corrected chi connectivity index (χ0v) is 15.4. The van der Waals surface area contributed by atoms with Crippen LogP contribution in [-0.4, -0.2) is 53.2 Å². The molecule has 1 aliphatic heterocycles. The summed E-state index contributed by atoms with van der Waals surface area (Å²) in [5.41, 5.74) is 2.31. The summed E-state index contributed by atoms with van der Waals surface area (Å²) < 4.78 is 0. The van der Waals surface area contributed by atoms with Crippen LogP contribution in [0.4, 0.5) is 0 Å². The second kappa shape index (κ2) is 9.12. The maximum absolute atomic E-state index is 12.2. The second-order valence-corrected chi connectivity index (χ2v) is 7.24. The van der Waals surface area contributed by atoms with Gasteiger partial charge in [0.15, 0.2) is 0 Å². The van der Waals surface area contributed by atoms with Crippen molar-refractivity contribution >= 4 is 17.5 Å². The lowest BCUT2D eigenvalue weighted by Crippen LogP contribution is -2.37. The third-order valence-electron chi connectivity index (χ3n) is 4.75. The van der Waals surface area contributed by atoms with Crippen molar-refractivity contribution in [2.45, 2.75) is 18.9 Å². The number of aliphatic hydroxyl groups excluding tert-OH is 1. The van der Waals surface area contributed by atoms with Gasteiger partial charge in [-0.25, -0.2) is 0 Å². The highest BCUT2D eigenvalue weighted by molar-refractivity contribution is 6.30. The lowest BCUT2D eigenvalue weighted by Gasteiger charge is -2.15. The van der Waals surface area contributed by atoms with E-state index < -0.39 is 6.10 Å². The minimum atomic E-state index is -0.398. The number of hydrogen-bond donors (Lipinski definition) is 2. The van der Waals surface area contributed by atoms with Crippen LogP contribution in [0, 0.1) is 5.92 Å². The maximum Gasteiger partial charge on any atom is 0.234 e. The number of aliphatic hydroxyl groups is 1. The molecule has 0 aliphatic carbocycles. The molecular formula is C20H24ClN3O2. The van der Waals surface area contributed by atoms with E-state index in [1.165, 1.54) is 5.56 Å². The van der Waals surface area contributed by atoms with E-state index in [2.05, 4.69) is 10.3 Å². The van der Waals surface area contributed by atoms with Gasteiger partial charge in [-0.2, -0.15) is 0 Å². The van der Waals surface area contributed by atoms with Gasteiger partial charge < -0.3 is 10.4 Å². The van der Waals surface area contributed by atoms with E-state index in [-0.39, 0.29) is 11.8 Å². The van der Waals surface area contributed by atoms with Crippen LogP contribution in [0.3, 0.4) is 0 Å². The topological polar surface area (TPSA) is 65.5 Å². The first-order valence-electron chi connectivity index (χ1n) is 8.90. The van der Waals surface area contributed by atoms with Crippen molar-refractivity contribution in [1.29, 1.82) is 0 Å². The largest absolute Gasteiger partial charge is 0.391 e. The van der Waals surface area contributed by atoms with E-state index in [1.807, 2.05) is 41.3 Å². The van der Waals surface area contributed by atoms with Crippen molar-refractivity contribution in [2.24, 2.45) is 5.92 Å². The van der Waals surface area contributed by atoms with E-state index in [0.717, 1.165) is 24.9 Å². The van der Waals surface area contributed by atoms with E-state index >= 15 is 0 Å². The minimum Gasteiger partial charge on any atom is -0.391 e. The SMILES string of the molecule is O=C(CN1C[C@@H](Cc2ccncc2)[C@H](O)C1)NCCc1ccc(Cl)cc1. The van der Waals surface area contributed by atoms with E-state index in [1.54, 1.807) is 12.4 Å². The number of hydrogen-bond acceptors (Lipinski definition) is 4. The Bertz CT molecular complexity index is 709. The minimum absolute atomic E-state index is 0.00396. The highest BCUT2D eigenvalue weighted by atomic mass is 35.5. The number of likely N-dealkylation sites (tertiary alicyclic amines) is 1. The van der Waals surface area contributed by atoms with Crippen LogP contribution in [0.5, 0.6) is 0 Å². The highest BCUT2D eigenvalue weighted by Gasteiger charge is 2.32. The number of halogens is 1. The van der Waals surface area contributed by atoms with E-state index in [4.69, 9.17) is 11.6 Å². The zero-order chi connectivity index (χ0) is 18.4. The van der Waals surface area contributed by atoms with Gasteiger partial charge in [-0.3, -0.25) is 14.7 Å². The summed E-state index contributed by atoms with van der Waals surface area (Å²) in [7, 11) is 0. The van der Waals surface area contributed by atoms with Crippen LogP contribution in [0.1, 0.15) is 11.1 Å². The number of nitrogens with zero attached hydrogens (tertiary/aromatic N) is 2. The molecule has 0 bridgehead atoms. The fourth-order valence-corrected chi connectivity index (χ4v) is 3.48. The molecule has 5 nitrogen and oxygen atoms in total. The number of aromatic nitrogens is 1. The van der Waals surface area contributed by atoms with Gasteiger partial charge in [0.25, 0.3) is 0 Å². The Balaban J connectivity index is 1.39. The molecule has 1 fully saturated rings. The maximum atomic E-state index is 12.2. The van der Waals surface area contributed by atoms with Crippen molar-refractivity contribution in [3.05, 3.63) is 64.9 Å². The third-order valence-corrected chi connectivity index (χ3v) is 5.00. The quantitative estimate of drug-likeness (QED) is 0.778. The van der Waals surface area contributed by atoms with Gasteiger partial charge in [-0.15, -0.1) is 0 Å². The van der Waals surface area contributed by atoms with Crippen molar-refractivity contribution < 1.29 is 9.90 Å². The molecule has 0 unspecified atom stereocenters. The molecule has 3 rings (SSSR count). The van der Waals surface area contributed by atoms with E-state index in [0.29, 0.717) is 24.7 Å². The predicted octanol–water partition coefficient (Wildman–Crippen LogP) is 1.93. The molecule has 1 aromatic carbocycles. The number of amides is 1. The van der Waals surface area contributed by atoms with Crippen LogP contribution in [0.25, 0.3) is 0 Å². The Morgan fingerprint density at radius 2 is 1.88 bits per heavy atom. The third kappa shape index (κ3) is 5.53. The molecule has 1 saturated heterocycles. The van der Waals surface area contributed by atoms with Gasteiger partial charge >= 0.3 is 0 Å². The molecule has 0 radical (unpaired) electrons. The Morgan fingerprint density at radius 3 is 2.62 bits per heavy atom. The number of pyridine rings is 1. The molecule has 2 N–H and O–H groups in total. The van der Waals surface area contributed by atoms with Gasteiger partial charge in [-0.05, 0) is 48.2 Å². The van der Waals surface area contributed by atoms with Crippen molar-refractivity contribution in [3.63, 3.8) is 0 Å². The van der Waals surface area contributed by atoms with Gasteiger partial charge in [0.05, 0.1) is 12.6 Å². The first-order valence-corrected chi connectivity index (χ1v) is 9.28. The molecule has 6 heteroatoms. The molecule has 2 aromatic rings. The lowest BCUT2D eigenvalue weighted by molar-refractivity contribution is -0.122. The van der Waals surface area contributed by atoms with Gasteiger partial charge in [0, 0.05) is 43.0 Å². The van der Waals surface area contributed by atoms with Crippen molar-refractivity contribution in [2.75, 3.05) is 26.2 Å². The summed E-state index contributed by atoms with van der Waals surface area (Å²) in [4.78, 5) is 18.2. The Labute approximate surface area is 159 Å². The molecule has 0 spiro atoms. The molecular weight excluding hydrogens is 350 g/mol. The van der Waals surface area contributed by atoms with Crippen LogP contribution >= 0.6 is 11.6 Å². The molecule has 26 heavy (non-hydrogen) atoms. The van der Waals surface area contributed by atoms with Crippen LogP contribution in [-0.2, 0) is 17.6 Å². The van der Waals surface area contributed by atoms with Gasteiger partial charge in [-0.1, -0.05) is 23.7 Å². The van der Waals surface area contributed by atoms with Crippen LogP contribution < -0.4 is 5.32 Å². The molecule has 1 amide bonds. The molecule has 1 aromatic heterocycles. The standard InChI is InChI=1S/C20H24ClN3O2/c21-18-3-1-15(2-4-18)7-10-23-20(26)14-24-12-17(19(25)13-24)11-16-5-8-22-9-6-16/h1-6,8-9,17,19,25H,7,10-14H2,(H,23,26)/t17-,19-/m1/s1. The van der Waals surface area contributed by atoms with Gasteiger partial charge in [0.2, 0.25) is 5.91 Å². The molecule has 0 saturated carbocycles. The molecule has 2 heterocycles. The molecule has 2 atom stereocenters. The monoisotopic (exact) mass is 373 g/mol. The summed E-state index contributed by atoms with van der Waals surface area (Å²) in [5, 5.41) is 13.9. The number of β-amino-alcohol motifs (C(OH)–C–C–N with tert-alkyl or cyclic N) is 1. The number of carbonyl (C=O) groups is 1. The van der Waals surface area contributed by atoms with Crippen molar-refractivity contribution in [3.8, 4) is 0 Å². The zero-order valence-electron chi connectivity index (χ0n) is 14.6. The highest BCUT2D eigenvalue weighted by Crippen LogP contribution is 2.21. The normalized spacial score (nSPS) is 20.2. The number of nitrogens with one attached hydrogen (secondary N) is 1. The Kier molecular flexibility index (Phi) is 6.61. The smallest absolute Gasteiger partial charge is 0.234 e. The number of rotatable bonds is 7. The number of carbonyl (C=O) groups excluding carboxylic acids is 1. The van der Waals surface area contributed by atoms with E-state index in [9.17, 15) is 9.90 Å². The second-order valence-electron chi connectivity index (χ2n) is 6.81. The Hall–Kier alpha value is -1.95. The predicted molar refractivity (Wildman–Crippen MR) is 102 cm³/mol. The van der Waals surface area contributed by atoms with Crippen molar-refractivity contribution in [1.82, 2.24) is 15.2 Å². The summed E-state index contributed by atoms with van der Waals surface area (Å²) in [6, 6.07) is 11.6. The van der Waals surface area contributed by atoms with Gasteiger partial charge in [0.1, 0.15) is 0 Å². The average molecular weight is 374 g/mol. The van der Waals surface area contributed by atoms with Crippen LogP contribution in [0.15, 0.2) is 48.8 Å². The lowest BCUT2D eigenvalue weighted by atomic mass is 9.97. The molecule has 138 valence electrons. The molecule has 1 aliphatic rings. The first-order chi connectivity index (χ1) is 12.6. The fourth-order valence-electron chi connectivity index (χ4n) is 3.35. The van der Waals surface area contributed by atoms with Crippen LogP contribution in [0.2, 0.25) is 5.02 Å². The summed E-state index contributed by atoms with van der Waals surface area (Å²) in [6.45, 7) is 2.19. The number of benzene rings is 1. The summed E-state index contributed by atoms with van der Waals surface area (Å²) >= 11 is 5.87. The summed E-state index contributed by atoms with van der Waals surface area (Å²) in [5.74, 6) is 0.148. The fraction of sp³-hybridized carbons (Fsp3) is 0.400. The summed E-state index contributed by atoms with van der Waals surface area (Å²) in [6.07, 6.45) is 4.71. The Morgan fingerprint density at radius 1 is 1.15 bits per heavy atom. The first kappa shape index (κ1) is 18.8. The average Bonchev–Trinajstić information content (AvgIpc) is 2.96.